The van der Waals surface area contributed by atoms with E-state index in [1.165, 1.54) is 0 Å². The third kappa shape index (κ3) is 3.65. The summed E-state index contributed by atoms with van der Waals surface area (Å²) in [5.74, 6) is 0. The van der Waals surface area contributed by atoms with Crippen LogP contribution < -0.4 is 0 Å². The van der Waals surface area contributed by atoms with E-state index in [-0.39, 0.29) is 0 Å². The molecule has 47 valence electrons. The average molecular weight is 114 g/mol. The number of hydrogen-bond donors (Lipinski definition) is 1. The molecule has 1 radical (unpaired) electrons. The van der Waals surface area contributed by atoms with E-state index in [4.69, 9.17) is 5.21 Å². The van der Waals surface area contributed by atoms with Crippen LogP contribution in [0.1, 0.15) is 26.7 Å². The molecule has 0 heterocycles. The maximum atomic E-state index is 8.12. The van der Waals surface area contributed by atoms with Gasteiger partial charge in [0.05, 0.1) is 5.71 Å². The summed E-state index contributed by atoms with van der Waals surface area (Å²) in [7, 11) is 0. The van der Waals surface area contributed by atoms with Crippen LogP contribution in [0.3, 0.4) is 0 Å². The van der Waals surface area contributed by atoms with Gasteiger partial charge in [0.15, 0.2) is 0 Å². The van der Waals surface area contributed by atoms with Crippen LogP contribution >= 0.6 is 0 Å². The van der Waals surface area contributed by atoms with E-state index in [1.807, 2.05) is 6.42 Å². The summed E-state index contributed by atoms with van der Waals surface area (Å²) < 4.78 is 0. The molecular formula is C6H12NO. The van der Waals surface area contributed by atoms with Crippen LogP contribution in [0.2, 0.25) is 0 Å². The zero-order valence-electron chi connectivity index (χ0n) is 5.39. The fourth-order valence-electron chi connectivity index (χ4n) is 0.394. The van der Waals surface area contributed by atoms with Crippen molar-refractivity contribution in [2.75, 3.05) is 0 Å². The molecule has 0 aromatic carbocycles. The monoisotopic (exact) mass is 114 g/mol. The fourth-order valence-corrected chi connectivity index (χ4v) is 0.394. The molecule has 8 heavy (non-hydrogen) atoms. The molecule has 0 fully saturated rings. The van der Waals surface area contributed by atoms with Gasteiger partial charge in [0.25, 0.3) is 0 Å². The van der Waals surface area contributed by atoms with Gasteiger partial charge in [-0.3, -0.25) is 0 Å². The van der Waals surface area contributed by atoms with Gasteiger partial charge in [-0.05, 0) is 13.3 Å². The van der Waals surface area contributed by atoms with Crippen LogP contribution in [-0.4, -0.2) is 10.9 Å². The molecule has 1 N–H and O–H groups in total. The predicted molar refractivity (Wildman–Crippen MR) is 34.1 cm³/mol. The highest BCUT2D eigenvalue weighted by Gasteiger charge is 1.88. The maximum absolute atomic E-state index is 8.12. The summed E-state index contributed by atoms with van der Waals surface area (Å²) >= 11 is 0. The normalized spacial score (nSPS) is 12.0. The topological polar surface area (TPSA) is 32.6 Å². The van der Waals surface area contributed by atoms with Crippen LogP contribution in [0.5, 0.6) is 0 Å². The Kier molecular flexibility index (Phi) is 4.32. The third-order valence-corrected chi connectivity index (χ3v) is 0.886. The molecule has 0 aromatic heterocycles. The molecule has 0 atom stereocenters. The van der Waals surface area contributed by atoms with Crippen LogP contribution in [0.25, 0.3) is 0 Å². The molecule has 0 unspecified atom stereocenters. The largest absolute Gasteiger partial charge is 0.411 e. The van der Waals surface area contributed by atoms with Crippen molar-refractivity contribution in [2.45, 2.75) is 26.7 Å². The summed E-state index contributed by atoms with van der Waals surface area (Å²) in [5.41, 5.74) is 0.701. The lowest BCUT2D eigenvalue weighted by atomic mass is 10.2. The summed E-state index contributed by atoms with van der Waals surface area (Å²) in [6, 6.07) is 0. The number of oxime groups is 1. The second-order valence-corrected chi connectivity index (χ2v) is 1.73. The highest BCUT2D eigenvalue weighted by Crippen LogP contribution is 1.93. The second kappa shape index (κ2) is 4.62. The summed E-state index contributed by atoms with van der Waals surface area (Å²) in [4.78, 5) is 0. The highest BCUT2D eigenvalue weighted by atomic mass is 16.4. The van der Waals surface area contributed by atoms with Gasteiger partial charge in [-0.15, -0.1) is 0 Å². The molecule has 0 rings (SSSR count). The first-order valence-electron chi connectivity index (χ1n) is 2.83. The minimum Gasteiger partial charge on any atom is -0.411 e. The lowest BCUT2D eigenvalue weighted by Gasteiger charge is -1.91. The number of hydrogen-bond acceptors (Lipinski definition) is 2. The van der Waals surface area contributed by atoms with Gasteiger partial charge >= 0.3 is 0 Å². The van der Waals surface area contributed by atoms with Gasteiger partial charge in [0.1, 0.15) is 0 Å². The zero-order chi connectivity index (χ0) is 6.41. The lowest BCUT2D eigenvalue weighted by Crippen LogP contribution is -1.90. The molecule has 0 aromatic rings. The van der Waals surface area contributed by atoms with Crippen LogP contribution in [0.15, 0.2) is 5.16 Å². The summed E-state index contributed by atoms with van der Waals surface area (Å²) in [6.07, 6.45) is 4.00. The van der Waals surface area contributed by atoms with E-state index >= 15 is 0 Å². The molecule has 0 aliphatic heterocycles. The smallest absolute Gasteiger partial charge is 0.0577 e. The van der Waals surface area contributed by atoms with Gasteiger partial charge in [0, 0.05) is 6.42 Å². The van der Waals surface area contributed by atoms with E-state index < -0.39 is 0 Å². The predicted octanol–water partition coefficient (Wildman–Crippen LogP) is 1.84. The molecule has 0 aliphatic carbocycles. The molecule has 0 saturated carbocycles. The van der Waals surface area contributed by atoms with Crippen molar-refractivity contribution in [3.63, 3.8) is 0 Å². The van der Waals surface area contributed by atoms with E-state index in [1.54, 1.807) is 6.92 Å². The van der Waals surface area contributed by atoms with E-state index in [0.29, 0.717) is 5.71 Å². The number of rotatable bonds is 3. The Morgan fingerprint density at radius 1 is 1.75 bits per heavy atom. The Morgan fingerprint density at radius 2 is 2.38 bits per heavy atom. The minimum atomic E-state index is 0.701. The first-order chi connectivity index (χ1) is 3.81. The molecular weight excluding hydrogens is 102 g/mol. The summed E-state index contributed by atoms with van der Waals surface area (Å²) in [6.45, 7) is 3.86. The van der Waals surface area contributed by atoms with Gasteiger partial charge in [-0.1, -0.05) is 18.5 Å². The molecule has 0 amide bonds. The van der Waals surface area contributed by atoms with Gasteiger partial charge in [0.2, 0.25) is 0 Å². The number of unbranched alkanes of at least 4 members (excludes halogenated alkanes) is 1. The average Bonchev–Trinajstić information content (AvgIpc) is 1.83. The van der Waals surface area contributed by atoms with E-state index in [0.717, 1.165) is 12.8 Å². The Balaban J connectivity index is 3.12. The zero-order valence-corrected chi connectivity index (χ0v) is 5.39. The molecule has 2 heteroatoms. The van der Waals surface area contributed by atoms with Crippen molar-refractivity contribution in [1.82, 2.24) is 0 Å². The van der Waals surface area contributed by atoms with E-state index in [9.17, 15) is 0 Å². The first kappa shape index (κ1) is 7.47. The quantitative estimate of drug-likeness (QED) is 0.339. The van der Waals surface area contributed by atoms with Gasteiger partial charge < -0.3 is 5.21 Å². The van der Waals surface area contributed by atoms with E-state index in [2.05, 4.69) is 12.1 Å². The third-order valence-electron chi connectivity index (χ3n) is 0.886. The second-order valence-electron chi connectivity index (χ2n) is 1.73. The minimum absolute atomic E-state index is 0.701. The Hall–Kier alpha value is -0.530. The standard InChI is InChI=1S/C6H12NO/c1-3-4-5-6(2)7-8/h5,8H,3-4H2,1-2H3/b7-6-. The molecule has 0 spiro atoms. The van der Waals surface area contributed by atoms with Crippen LogP contribution in [0, 0.1) is 6.42 Å². The maximum Gasteiger partial charge on any atom is 0.0577 e. The van der Waals surface area contributed by atoms with Gasteiger partial charge in [-0.25, -0.2) is 0 Å². The van der Waals surface area contributed by atoms with Crippen LogP contribution in [0.4, 0.5) is 0 Å². The fraction of sp³-hybridized carbons (Fsp3) is 0.667. The van der Waals surface area contributed by atoms with Crippen molar-refractivity contribution >= 4 is 5.71 Å². The molecule has 2 nitrogen and oxygen atoms in total. The lowest BCUT2D eigenvalue weighted by molar-refractivity contribution is 0.318. The highest BCUT2D eigenvalue weighted by molar-refractivity contribution is 5.89. The van der Waals surface area contributed by atoms with Crippen molar-refractivity contribution < 1.29 is 5.21 Å². The molecule has 0 aliphatic rings. The van der Waals surface area contributed by atoms with Crippen molar-refractivity contribution in [1.29, 1.82) is 0 Å². The Morgan fingerprint density at radius 3 is 2.75 bits per heavy atom. The molecule has 0 bridgehead atoms. The Labute approximate surface area is 50.2 Å². The first-order valence-corrected chi connectivity index (χ1v) is 2.83. The van der Waals surface area contributed by atoms with Gasteiger partial charge in [-0.2, -0.15) is 0 Å². The molecule has 0 saturated heterocycles. The van der Waals surface area contributed by atoms with Crippen molar-refractivity contribution in [2.24, 2.45) is 5.16 Å². The van der Waals surface area contributed by atoms with Crippen LogP contribution in [-0.2, 0) is 0 Å². The van der Waals surface area contributed by atoms with Crippen molar-refractivity contribution in [3.05, 3.63) is 6.42 Å². The number of nitrogens with zero attached hydrogens (tertiary/aromatic N) is 1. The summed E-state index contributed by atoms with van der Waals surface area (Å²) in [5, 5.41) is 11.1. The Bertz CT molecular complexity index is 78.6. The van der Waals surface area contributed by atoms with Crippen molar-refractivity contribution in [3.8, 4) is 0 Å². The SMILES string of the molecule is CCC[CH]/C(C)=N\O.